The molecule has 4 N–H and O–H groups in total. The van der Waals surface area contributed by atoms with Crippen LogP contribution in [0.5, 0.6) is 0 Å². The van der Waals surface area contributed by atoms with Crippen molar-refractivity contribution >= 4 is 23.6 Å². The van der Waals surface area contributed by atoms with Crippen LogP contribution in [-0.2, 0) is 25.5 Å². The number of aliphatic hydroxyl groups excluding tert-OH is 1. The number of fused-ring (bicyclic) bond motifs is 3. The second-order valence-corrected chi connectivity index (χ2v) is 10.2. The molecule has 0 radical (unpaired) electrons. The number of cyclic esters (lactones) is 1. The van der Waals surface area contributed by atoms with E-state index < -0.39 is 30.1 Å². The summed E-state index contributed by atoms with van der Waals surface area (Å²) in [6, 6.07) is -0.801. The number of ether oxygens (including phenoxy) is 1. The van der Waals surface area contributed by atoms with Crippen LogP contribution in [0.2, 0.25) is 0 Å². The molecule has 1 fully saturated rings. The van der Waals surface area contributed by atoms with E-state index in [2.05, 4.69) is 10.3 Å². The van der Waals surface area contributed by atoms with Gasteiger partial charge in [-0.05, 0) is 32.4 Å². The standard InChI is InChI=1S/C28H38N4O7/c1-17-6-4-10-30-24(35)9-8-18(2)26(19(3)15-29)39-28(37)23-7-5-11-32(23)27(36)22-16-38-25(31-22)14-21(34)13-20(33)12-17/h4,6,8-9,12,16,18-20,23,26,33H,5,7,10-11,13-15,29H2,1-3H3,(H,30,35)/b6-4?,9-8+,17-12?/t18-,19+,20-,23-,26+/m1/s1. The highest BCUT2D eigenvalue weighted by Gasteiger charge is 2.39. The number of esters is 1. The van der Waals surface area contributed by atoms with Gasteiger partial charge in [0.1, 0.15) is 24.2 Å². The van der Waals surface area contributed by atoms with Crippen LogP contribution in [0.3, 0.4) is 0 Å². The Balaban J connectivity index is 1.87. The molecule has 212 valence electrons. The summed E-state index contributed by atoms with van der Waals surface area (Å²) in [6.45, 7) is 6.34. The van der Waals surface area contributed by atoms with E-state index in [0.717, 1.165) is 5.57 Å². The minimum atomic E-state index is -1.01. The van der Waals surface area contributed by atoms with Crippen molar-refractivity contribution in [2.24, 2.45) is 17.6 Å². The third kappa shape index (κ3) is 8.46. The molecule has 0 aliphatic carbocycles. The maximum atomic E-state index is 13.2. The van der Waals surface area contributed by atoms with Crippen LogP contribution >= 0.6 is 0 Å². The van der Waals surface area contributed by atoms with Gasteiger partial charge in [-0.1, -0.05) is 43.7 Å². The highest BCUT2D eigenvalue weighted by Crippen LogP contribution is 2.25. The van der Waals surface area contributed by atoms with E-state index in [0.29, 0.717) is 19.4 Å². The summed E-state index contributed by atoms with van der Waals surface area (Å²) in [4.78, 5) is 56.8. The largest absolute Gasteiger partial charge is 0.460 e. The predicted octanol–water partition coefficient (Wildman–Crippen LogP) is 1.47. The zero-order chi connectivity index (χ0) is 28.5. The lowest BCUT2D eigenvalue weighted by molar-refractivity contribution is -0.158. The number of aromatic nitrogens is 1. The summed E-state index contributed by atoms with van der Waals surface area (Å²) < 4.78 is 11.2. The van der Waals surface area contributed by atoms with Gasteiger partial charge in [-0.15, -0.1) is 0 Å². The molecule has 5 atom stereocenters. The number of hydrogen-bond donors (Lipinski definition) is 3. The van der Waals surface area contributed by atoms with Crippen molar-refractivity contribution in [3.8, 4) is 0 Å². The first kappa shape index (κ1) is 30.0. The van der Waals surface area contributed by atoms with Crippen LogP contribution in [-0.4, -0.2) is 76.4 Å². The molecule has 11 nitrogen and oxygen atoms in total. The van der Waals surface area contributed by atoms with Gasteiger partial charge in [-0.3, -0.25) is 14.4 Å². The minimum absolute atomic E-state index is 0.00786. The summed E-state index contributed by atoms with van der Waals surface area (Å²) in [5, 5.41) is 13.0. The van der Waals surface area contributed by atoms with Gasteiger partial charge in [-0.2, -0.15) is 0 Å². The lowest BCUT2D eigenvalue weighted by Gasteiger charge is -2.30. The summed E-state index contributed by atoms with van der Waals surface area (Å²) in [5.74, 6) is -2.12. The summed E-state index contributed by atoms with van der Waals surface area (Å²) >= 11 is 0. The second-order valence-electron chi connectivity index (χ2n) is 10.2. The van der Waals surface area contributed by atoms with Crippen molar-refractivity contribution < 1.29 is 33.4 Å². The second kappa shape index (κ2) is 14.0. The van der Waals surface area contributed by atoms with Crippen LogP contribution in [0.1, 0.15) is 56.4 Å². The maximum absolute atomic E-state index is 13.2. The van der Waals surface area contributed by atoms with E-state index in [4.69, 9.17) is 14.9 Å². The minimum Gasteiger partial charge on any atom is -0.460 e. The van der Waals surface area contributed by atoms with E-state index in [1.165, 1.54) is 17.2 Å². The Morgan fingerprint density at radius 3 is 2.77 bits per heavy atom. The van der Waals surface area contributed by atoms with Crippen molar-refractivity contribution in [1.29, 1.82) is 0 Å². The van der Waals surface area contributed by atoms with Gasteiger partial charge in [0, 0.05) is 31.3 Å². The van der Waals surface area contributed by atoms with Crippen molar-refractivity contribution in [2.45, 2.75) is 64.7 Å². The van der Waals surface area contributed by atoms with E-state index >= 15 is 0 Å². The molecule has 1 aromatic rings. The number of rotatable bonds is 2. The van der Waals surface area contributed by atoms with E-state index in [1.807, 2.05) is 13.8 Å². The van der Waals surface area contributed by atoms with Crippen molar-refractivity contribution in [1.82, 2.24) is 15.2 Å². The molecule has 1 saturated heterocycles. The van der Waals surface area contributed by atoms with Crippen molar-refractivity contribution in [3.63, 3.8) is 0 Å². The number of oxazole rings is 1. The van der Waals surface area contributed by atoms with Crippen LogP contribution in [0.15, 0.2) is 46.6 Å². The lowest BCUT2D eigenvalue weighted by Crippen LogP contribution is -2.45. The average molecular weight is 543 g/mol. The van der Waals surface area contributed by atoms with E-state index in [1.54, 1.807) is 31.2 Å². The Morgan fingerprint density at radius 1 is 1.26 bits per heavy atom. The number of allylic oxidation sites excluding steroid dienone is 2. The number of carbonyl (C=O) groups excluding carboxylic acids is 4. The topological polar surface area (TPSA) is 165 Å². The van der Waals surface area contributed by atoms with Crippen LogP contribution in [0, 0.1) is 11.8 Å². The molecule has 3 heterocycles. The normalized spacial score (nSPS) is 27.8. The van der Waals surface area contributed by atoms with Gasteiger partial charge in [0.25, 0.3) is 5.91 Å². The molecule has 3 rings (SSSR count). The number of carbonyl (C=O) groups is 4. The van der Waals surface area contributed by atoms with Gasteiger partial charge in [0.05, 0.1) is 12.5 Å². The van der Waals surface area contributed by atoms with Crippen LogP contribution < -0.4 is 11.1 Å². The SMILES string of the molecule is CC1=C[C@@H](O)CC(=O)Cc2nc(co2)C(=O)N2CCC[C@@H]2C(=O)O[C@H]([C@@H](C)CN)[C@H](C)/C=C/C(=O)NCC=C1. The van der Waals surface area contributed by atoms with E-state index in [9.17, 15) is 24.3 Å². The van der Waals surface area contributed by atoms with Gasteiger partial charge in [0.15, 0.2) is 5.69 Å². The number of aliphatic hydroxyl groups is 1. The average Bonchev–Trinajstić information content (AvgIpc) is 3.57. The van der Waals surface area contributed by atoms with Crippen LogP contribution in [0.25, 0.3) is 0 Å². The molecule has 11 heteroatoms. The highest BCUT2D eigenvalue weighted by molar-refractivity contribution is 5.95. The zero-order valence-electron chi connectivity index (χ0n) is 22.7. The highest BCUT2D eigenvalue weighted by atomic mass is 16.5. The molecule has 2 aliphatic rings. The molecule has 0 aromatic carbocycles. The molecule has 2 amide bonds. The molecule has 39 heavy (non-hydrogen) atoms. The first-order chi connectivity index (χ1) is 18.6. The number of Topliss-reactive ketones (excluding diaryl/α,β-unsaturated/α-hetero) is 1. The molecular formula is C28H38N4O7. The van der Waals surface area contributed by atoms with Gasteiger partial charge < -0.3 is 30.2 Å². The quantitative estimate of drug-likeness (QED) is 0.469. The smallest absolute Gasteiger partial charge is 0.329 e. The summed E-state index contributed by atoms with van der Waals surface area (Å²) in [7, 11) is 0. The van der Waals surface area contributed by atoms with Crippen LogP contribution in [0.4, 0.5) is 0 Å². The van der Waals surface area contributed by atoms with Crippen molar-refractivity contribution in [3.05, 3.63) is 53.8 Å². The maximum Gasteiger partial charge on any atom is 0.329 e. The fourth-order valence-corrected chi connectivity index (χ4v) is 4.68. The third-order valence-electron chi connectivity index (χ3n) is 6.83. The summed E-state index contributed by atoms with van der Waals surface area (Å²) in [5.41, 5.74) is 6.60. The monoisotopic (exact) mass is 542 g/mol. The van der Waals surface area contributed by atoms with Gasteiger partial charge in [0.2, 0.25) is 11.8 Å². The fourth-order valence-electron chi connectivity index (χ4n) is 4.68. The number of amides is 2. The molecule has 2 aliphatic heterocycles. The molecule has 2 bridgehead atoms. The number of nitrogens with two attached hydrogens (primary N) is 1. The Kier molecular flexibility index (Phi) is 10.8. The van der Waals surface area contributed by atoms with Gasteiger partial charge in [-0.25, -0.2) is 9.78 Å². The summed E-state index contributed by atoms with van der Waals surface area (Å²) in [6.07, 6.45) is 8.32. The molecule has 0 spiro atoms. The Labute approximate surface area is 228 Å². The number of nitrogens with zero attached hydrogens (tertiary/aromatic N) is 2. The molecular weight excluding hydrogens is 504 g/mol. The third-order valence-corrected chi connectivity index (χ3v) is 6.83. The van der Waals surface area contributed by atoms with Gasteiger partial charge >= 0.3 is 5.97 Å². The first-order valence-corrected chi connectivity index (χ1v) is 13.3. The Hall–Kier alpha value is -3.57. The van der Waals surface area contributed by atoms with Crippen molar-refractivity contribution in [2.75, 3.05) is 19.6 Å². The Morgan fingerprint density at radius 2 is 2.03 bits per heavy atom. The molecule has 0 saturated carbocycles. The number of nitrogens with one attached hydrogen (secondary N) is 1. The number of ketones is 1. The lowest BCUT2D eigenvalue weighted by atomic mass is 9.92. The molecule has 1 aromatic heterocycles. The molecule has 0 unspecified atom stereocenters. The predicted molar refractivity (Wildman–Crippen MR) is 142 cm³/mol. The Bertz CT molecular complexity index is 1140. The first-order valence-electron chi connectivity index (χ1n) is 13.3. The van der Waals surface area contributed by atoms with E-state index in [-0.39, 0.29) is 61.0 Å². The number of hydrogen-bond acceptors (Lipinski definition) is 9. The fraction of sp³-hybridized carbons (Fsp3) is 0.536. The zero-order valence-corrected chi connectivity index (χ0v) is 22.7.